The molecular formula is C22H28F3NO3S. The number of alkyl halides is 3. The van der Waals surface area contributed by atoms with Gasteiger partial charge in [-0.05, 0) is 31.5 Å². The van der Waals surface area contributed by atoms with Crippen molar-refractivity contribution >= 4 is 28.5 Å². The highest BCUT2D eigenvalue weighted by atomic mass is 32.2. The number of nitrogens with one attached hydrogen (secondary N) is 1. The third-order valence-electron chi connectivity index (χ3n) is 4.94. The van der Waals surface area contributed by atoms with Crippen LogP contribution in [0.1, 0.15) is 64.4 Å². The molecule has 0 saturated heterocycles. The Morgan fingerprint density at radius 3 is 2.57 bits per heavy atom. The molecule has 8 heteroatoms. The Kier molecular flexibility index (Phi) is 8.82. The molecule has 1 unspecified atom stereocenters. The summed E-state index contributed by atoms with van der Waals surface area (Å²) < 4.78 is 43.5. The van der Waals surface area contributed by atoms with Gasteiger partial charge < -0.3 is 10.1 Å². The fourth-order valence-electron chi connectivity index (χ4n) is 3.29. The van der Waals surface area contributed by atoms with Gasteiger partial charge in [0.05, 0.1) is 10.3 Å². The van der Waals surface area contributed by atoms with E-state index in [9.17, 15) is 22.8 Å². The molecule has 0 aliphatic carbocycles. The topological polar surface area (TPSA) is 55.4 Å². The van der Waals surface area contributed by atoms with E-state index in [0.717, 1.165) is 37.8 Å². The van der Waals surface area contributed by atoms with E-state index in [1.165, 1.54) is 49.2 Å². The number of carbonyl (C=O) groups is 2. The van der Waals surface area contributed by atoms with Crippen molar-refractivity contribution in [2.45, 2.75) is 69.7 Å². The van der Waals surface area contributed by atoms with Gasteiger partial charge in [0, 0.05) is 11.8 Å². The molecule has 1 heterocycles. The smallest absolute Gasteiger partial charge is 0.416 e. The van der Waals surface area contributed by atoms with E-state index in [1.54, 1.807) is 0 Å². The van der Waals surface area contributed by atoms with Gasteiger partial charge >= 0.3 is 6.18 Å². The number of hydrogen-bond acceptors (Lipinski definition) is 4. The maximum Gasteiger partial charge on any atom is 0.416 e. The van der Waals surface area contributed by atoms with E-state index in [-0.39, 0.29) is 17.4 Å². The Morgan fingerprint density at radius 2 is 1.87 bits per heavy atom. The van der Waals surface area contributed by atoms with Gasteiger partial charge in [-0.15, -0.1) is 0 Å². The highest BCUT2D eigenvalue weighted by Crippen LogP contribution is 2.44. The van der Waals surface area contributed by atoms with Gasteiger partial charge in [-0.25, -0.2) is 0 Å². The normalized spacial score (nSPS) is 19.0. The first kappa shape index (κ1) is 24.3. The van der Waals surface area contributed by atoms with Crippen molar-refractivity contribution in [2.24, 2.45) is 0 Å². The maximum atomic E-state index is 12.8. The number of rotatable bonds is 11. The lowest BCUT2D eigenvalue weighted by atomic mass is 9.99. The summed E-state index contributed by atoms with van der Waals surface area (Å²) in [6, 6.07) is 4.41. The van der Waals surface area contributed by atoms with Crippen molar-refractivity contribution in [1.82, 2.24) is 0 Å². The van der Waals surface area contributed by atoms with Crippen molar-refractivity contribution in [2.75, 3.05) is 11.9 Å². The van der Waals surface area contributed by atoms with Crippen LogP contribution in [0.2, 0.25) is 0 Å². The second-order valence-electron chi connectivity index (χ2n) is 7.59. The average molecular weight is 444 g/mol. The third-order valence-corrected chi connectivity index (χ3v) is 6.11. The van der Waals surface area contributed by atoms with E-state index in [0.29, 0.717) is 5.76 Å². The molecule has 1 aromatic rings. The summed E-state index contributed by atoms with van der Waals surface area (Å²) in [6.07, 6.45) is 4.48. The lowest BCUT2D eigenvalue weighted by molar-refractivity contribution is -0.137. The number of ether oxygens (including phenoxy) is 1. The molecule has 1 N–H and O–H groups in total. The predicted molar refractivity (Wildman–Crippen MR) is 113 cm³/mol. The van der Waals surface area contributed by atoms with Gasteiger partial charge in [0.25, 0.3) is 5.91 Å². The van der Waals surface area contributed by atoms with Crippen LogP contribution >= 0.6 is 11.8 Å². The minimum absolute atomic E-state index is 0.0409. The number of amides is 1. The molecule has 0 aromatic heterocycles. The van der Waals surface area contributed by atoms with E-state index in [2.05, 4.69) is 12.2 Å². The molecule has 166 valence electrons. The van der Waals surface area contributed by atoms with E-state index >= 15 is 0 Å². The zero-order chi connectivity index (χ0) is 22.2. The van der Waals surface area contributed by atoms with Gasteiger partial charge in [-0.1, -0.05) is 63.3 Å². The van der Waals surface area contributed by atoms with E-state index in [1.807, 2.05) is 6.92 Å². The summed E-state index contributed by atoms with van der Waals surface area (Å²) in [4.78, 5) is 24.1. The summed E-state index contributed by atoms with van der Waals surface area (Å²) in [5, 5.41) is 2.29. The zero-order valence-corrected chi connectivity index (χ0v) is 18.1. The minimum atomic E-state index is -4.48. The number of hydrogen-bond donors (Lipinski definition) is 1. The molecule has 0 saturated carbocycles. The largest absolute Gasteiger partial charge is 0.486 e. The molecule has 0 fully saturated rings. The van der Waals surface area contributed by atoms with Gasteiger partial charge in [0.1, 0.15) is 5.76 Å². The van der Waals surface area contributed by atoms with Crippen LogP contribution in [0.25, 0.3) is 0 Å². The third kappa shape index (κ3) is 7.38. The number of anilines is 1. The van der Waals surface area contributed by atoms with Gasteiger partial charge in [0.15, 0.2) is 6.61 Å². The Labute approximate surface area is 179 Å². The first-order valence-corrected chi connectivity index (χ1v) is 11.0. The van der Waals surface area contributed by atoms with Crippen LogP contribution in [0, 0.1) is 0 Å². The number of thioether (sulfide) groups is 1. The van der Waals surface area contributed by atoms with Crippen molar-refractivity contribution in [3.05, 3.63) is 41.7 Å². The summed E-state index contributed by atoms with van der Waals surface area (Å²) in [5.74, 6) is -0.133. The van der Waals surface area contributed by atoms with Crippen LogP contribution in [0.3, 0.4) is 0 Å². The first-order chi connectivity index (χ1) is 14.1. The van der Waals surface area contributed by atoms with Crippen molar-refractivity contribution in [3.63, 3.8) is 0 Å². The van der Waals surface area contributed by atoms with Crippen LogP contribution in [0.5, 0.6) is 0 Å². The predicted octanol–water partition coefficient (Wildman–Crippen LogP) is 6.33. The first-order valence-electron chi connectivity index (χ1n) is 10.2. The summed E-state index contributed by atoms with van der Waals surface area (Å²) in [6.45, 7) is 3.71. The lowest BCUT2D eigenvalue weighted by Gasteiger charge is -2.26. The Morgan fingerprint density at radius 1 is 1.17 bits per heavy atom. The molecule has 1 amide bonds. The van der Waals surface area contributed by atoms with Gasteiger partial charge in [-0.2, -0.15) is 13.2 Å². The van der Waals surface area contributed by atoms with Crippen molar-refractivity contribution < 1.29 is 27.5 Å². The van der Waals surface area contributed by atoms with E-state index in [4.69, 9.17) is 4.74 Å². The lowest BCUT2D eigenvalue weighted by Crippen LogP contribution is -2.26. The number of benzene rings is 1. The van der Waals surface area contributed by atoms with Crippen LogP contribution in [-0.2, 0) is 20.5 Å². The fourth-order valence-corrected chi connectivity index (χ4v) is 4.36. The summed E-state index contributed by atoms with van der Waals surface area (Å²) >= 11 is 1.19. The van der Waals surface area contributed by atoms with E-state index < -0.39 is 22.4 Å². The molecule has 1 aliphatic rings. The van der Waals surface area contributed by atoms with Gasteiger partial charge in [0.2, 0.25) is 5.12 Å². The van der Waals surface area contributed by atoms with Crippen LogP contribution in [0.15, 0.2) is 36.1 Å². The number of carbonyl (C=O) groups excluding carboxylic acids is 2. The number of unbranched alkanes of at least 4 members (excludes halogenated alkanes) is 5. The Hall–Kier alpha value is -1.96. The summed E-state index contributed by atoms with van der Waals surface area (Å²) in [5.41, 5.74) is -0.799. The molecule has 4 nitrogen and oxygen atoms in total. The van der Waals surface area contributed by atoms with Crippen molar-refractivity contribution in [1.29, 1.82) is 0 Å². The molecule has 30 heavy (non-hydrogen) atoms. The van der Waals surface area contributed by atoms with Crippen molar-refractivity contribution in [3.8, 4) is 0 Å². The second-order valence-corrected chi connectivity index (χ2v) is 9.10. The Bertz CT molecular complexity index is 779. The molecule has 2 rings (SSSR count). The molecule has 1 aliphatic heterocycles. The second kappa shape index (κ2) is 10.9. The highest BCUT2D eigenvalue weighted by Gasteiger charge is 2.39. The average Bonchev–Trinajstić information content (AvgIpc) is 2.96. The summed E-state index contributed by atoms with van der Waals surface area (Å²) in [7, 11) is 0. The van der Waals surface area contributed by atoms with Crippen LogP contribution in [-0.4, -0.2) is 22.4 Å². The highest BCUT2D eigenvalue weighted by molar-refractivity contribution is 8.15. The number of halogens is 3. The minimum Gasteiger partial charge on any atom is -0.486 e. The molecule has 1 aromatic carbocycles. The standard InChI is InChI=1S/C22H28F3NO3S/c1-3-4-5-6-7-8-12-21(2)18(14-20(28)30-21)29-15-19(27)26-17-11-9-10-16(13-17)22(23,24)25/h9-11,13-14H,3-8,12,15H2,1-2H3,(H,26,27). The molecule has 0 spiro atoms. The molecular weight excluding hydrogens is 415 g/mol. The Balaban J connectivity index is 1.86. The zero-order valence-electron chi connectivity index (χ0n) is 17.3. The fraction of sp³-hybridized carbons (Fsp3) is 0.545. The molecule has 1 atom stereocenters. The quantitative estimate of drug-likeness (QED) is 0.406. The maximum absolute atomic E-state index is 12.8. The molecule has 0 bridgehead atoms. The van der Waals surface area contributed by atoms with Crippen LogP contribution in [0.4, 0.5) is 18.9 Å². The monoisotopic (exact) mass is 443 g/mol. The van der Waals surface area contributed by atoms with Gasteiger partial charge in [-0.3, -0.25) is 9.59 Å². The SMILES string of the molecule is CCCCCCCCC1(C)SC(=O)C=C1OCC(=O)Nc1cccc(C(F)(F)F)c1. The molecule has 0 radical (unpaired) electrons. The van der Waals surface area contributed by atoms with Crippen LogP contribution < -0.4 is 5.32 Å².